The lowest BCUT2D eigenvalue weighted by atomic mass is 9.94. The first-order chi connectivity index (χ1) is 21.8. The number of likely N-dealkylation sites (tertiary alicyclic amines) is 1. The van der Waals surface area contributed by atoms with Crippen LogP contribution in [0.1, 0.15) is 44.7 Å². The Kier molecular flexibility index (Phi) is 9.47. The molecule has 2 aliphatic rings. The molecular weight excluding hydrogens is 623 g/mol. The minimum Gasteiger partial charge on any atom is -0.475 e. The van der Waals surface area contributed by atoms with Crippen LogP contribution in [0.4, 0.5) is 36.6 Å². The Labute approximate surface area is 260 Å². The molecule has 5 heterocycles. The SMILES string of the molecule is CCC1CC(F)CN1CC.COc1nc2c3c(nc(-c4c(C(F)(F)F)c(C)cc5[nH]ncc45)c(F)c3n1)OC[C@H](C)N2CC(F)F. The lowest BCUT2D eigenvalue weighted by Gasteiger charge is -2.28. The quantitative estimate of drug-likeness (QED) is 0.229. The van der Waals surface area contributed by atoms with Crippen LogP contribution in [0.25, 0.3) is 33.1 Å². The molecule has 0 saturated carbocycles. The second kappa shape index (κ2) is 13.0. The number of fused-ring (bicyclic) bond motifs is 1. The molecular formula is C30H34F7N7O2. The summed E-state index contributed by atoms with van der Waals surface area (Å²) in [6.45, 7) is 7.79. The van der Waals surface area contributed by atoms with E-state index in [1.165, 1.54) is 25.0 Å². The summed E-state index contributed by atoms with van der Waals surface area (Å²) in [6.07, 6.45) is -5.21. The lowest BCUT2D eigenvalue weighted by molar-refractivity contribution is -0.137. The maximum absolute atomic E-state index is 16.1. The Morgan fingerprint density at radius 1 is 1.17 bits per heavy atom. The maximum Gasteiger partial charge on any atom is 0.417 e. The molecule has 1 N–H and O–H groups in total. The van der Waals surface area contributed by atoms with Gasteiger partial charge < -0.3 is 14.4 Å². The van der Waals surface area contributed by atoms with Gasteiger partial charge >= 0.3 is 12.2 Å². The van der Waals surface area contributed by atoms with Gasteiger partial charge in [0.25, 0.3) is 6.43 Å². The van der Waals surface area contributed by atoms with Gasteiger partial charge in [0.1, 0.15) is 35.2 Å². The number of anilines is 1. The lowest BCUT2D eigenvalue weighted by Crippen LogP contribution is -2.40. The average molecular weight is 658 g/mol. The molecule has 0 amide bonds. The number of nitrogens with one attached hydrogen (secondary N) is 1. The highest BCUT2D eigenvalue weighted by Gasteiger charge is 2.40. The second-order valence-electron chi connectivity index (χ2n) is 11.3. The Hall–Kier alpha value is -3.95. The molecule has 0 spiro atoms. The summed E-state index contributed by atoms with van der Waals surface area (Å²) in [5, 5.41) is 6.23. The van der Waals surface area contributed by atoms with Crippen molar-refractivity contribution in [2.45, 2.75) is 71.4 Å². The van der Waals surface area contributed by atoms with Crippen molar-refractivity contribution in [1.82, 2.24) is 30.0 Å². The number of aromatic nitrogens is 5. The first-order valence-corrected chi connectivity index (χ1v) is 14.8. The van der Waals surface area contributed by atoms with Crippen molar-refractivity contribution >= 4 is 27.6 Å². The fourth-order valence-corrected chi connectivity index (χ4v) is 6.16. The van der Waals surface area contributed by atoms with Crippen LogP contribution in [0.15, 0.2) is 12.3 Å². The van der Waals surface area contributed by atoms with E-state index in [2.05, 4.69) is 43.9 Å². The van der Waals surface area contributed by atoms with E-state index in [-0.39, 0.29) is 46.2 Å². The van der Waals surface area contributed by atoms with Crippen LogP contribution in [-0.2, 0) is 6.18 Å². The van der Waals surface area contributed by atoms with Crippen molar-refractivity contribution < 1.29 is 40.2 Å². The summed E-state index contributed by atoms with van der Waals surface area (Å²) in [5.41, 5.74) is -2.75. The Morgan fingerprint density at radius 2 is 1.91 bits per heavy atom. The molecule has 0 aliphatic carbocycles. The highest BCUT2D eigenvalue weighted by Crippen LogP contribution is 2.46. The number of nitrogens with zero attached hydrogens (tertiary/aromatic N) is 6. The maximum atomic E-state index is 16.1. The largest absolute Gasteiger partial charge is 0.475 e. The van der Waals surface area contributed by atoms with Crippen molar-refractivity contribution in [3.8, 4) is 23.1 Å². The van der Waals surface area contributed by atoms with Gasteiger partial charge in [0, 0.05) is 23.5 Å². The van der Waals surface area contributed by atoms with Crippen molar-refractivity contribution in [2.24, 2.45) is 0 Å². The van der Waals surface area contributed by atoms with Crippen LogP contribution in [0.3, 0.4) is 0 Å². The summed E-state index contributed by atoms with van der Waals surface area (Å²) in [6, 6.07) is 0.751. The molecule has 2 unspecified atom stereocenters. The predicted molar refractivity (Wildman–Crippen MR) is 158 cm³/mol. The molecule has 9 nitrogen and oxygen atoms in total. The van der Waals surface area contributed by atoms with Crippen LogP contribution >= 0.6 is 0 Å². The minimum atomic E-state index is -4.86. The van der Waals surface area contributed by atoms with E-state index in [9.17, 15) is 26.3 Å². The number of H-pyrrole nitrogens is 1. The molecule has 16 heteroatoms. The molecule has 250 valence electrons. The number of aromatic amines is 1. The molecule has 1 saturated heterocycles. The smallest absolute Gasteiger partial charge is 0.417 e. The van der Waals surface area contributed by atoms with Gasteiger partial charge in [-0.25, -0.2) is 22.5 Å². The molecule has 6 rings (SSSR count). The van der Waals surface area contributed by atoms with Crippen LogP contribution < -0.4 is 14.4 Å². The van der Waals surface area contributed by atoms with Gasteiger partial charge in [0.2, 0.25) is 5.88 Å². The Bertz CT molecular complexity index is 1700. The van der Waals surface area contributed by atoms with Crippen LogP contribution in [-0.4, -0.2) is 88.1 Å². The first kappa shape index (κ1) is 33.4. The Balaban J connectivity index is 0.000000356. The molecule has 46 heavy (non-hydrogen) atoms. The number of rotatable bonds is 6. The van der Waals surface area contributed by atoms with Gasteiger partial charge in [-0.05, 0) is 44.9 Å². The van der Waals surface area contributed by atoms with E-state index in [4.69, 9.17) is 9.47 Å². The van der Waals surface area contributed by atoms with Crippen molar-refractivity contribution in [2.75, 3.05) is 38.3 Å². The van der Waals surface area contributed by atoms with Crippen molar-refractivity contribution in [1.29, 1.82) is 0 Å². The normalized spacial score (nSPS) is 20.2. The third-order valence-corrected chi connectivity index (χ3v) is 8.31. The number of aryl methyl sites for hydroxylation is 1. The summed E-state index contributed by atoms with van der Waals surface area (Å²) < 4.78 is 109. The van der Waals surface area contributed by atoms with E-state index < -0.39 is 59.5 Å². The fourth-order valence-electron chi connectivity index (χ4n) is 6.16. The number of hydrogen-bond acceptors (Lipinski definition) is 8. The second-order valence-corrected chi connectivity index (χ2v) is 11.3. The van der Waals surface area contributed by atoms with Crippen LogP contribution in [0.2, 0.25) is 0 Å². The molecule has 4 aromatic rings. The number of benzene rings is 1. The number of alkyl halides is 6. The standard InChI is InChI=1S/C22H18F6N6O2.C8H16FN/c1-8-4-11-10(5-29-33-11)13(15(8)22(26,27)28)17-16(25)18-14-19(32-21(31-18)35-3)34(6-12(23)24)9(2)7-36-20(14)30-17;1-3-8-5-7(9)6-10(8)4-2/h4-5,9,12H,6-7H2,1-3H3,(H,29,33);7-8H,3-6H2,1-2H3/t9-;/m0./s1. The zero-order valence-electron chi connectivity index (χ0n) is 25.9. The number of methoxy groups -OCH3 is 1. The summed E-state index contributed by atoms with van der Waals surface area (Å²) >= 11 is 0. The highest BCUT2D eigenvalue weighted by molar-refractivity contribution is 6.01. The van der Waals surface area contributed by atoms with E-state index in [1.807, 2.05) is 0 Å². The highest BCUT2D eigenvalue weighted by atomic mass is 19.4. The van der Waals surface area contributed by atoms with Gasteiger partial charge in [0.15, 0.2) is 5.82 Å². The van der Waals surface area contributed by atoms with Gasteiger partial charge in [-0.1, -0.05) is 13.8 Å². The van der Waals surface area contributed by atoms with Crippen LogP contribution in [0.5, 0.6) is 11.9 Å². The monoisotopic (exact) mass is 657 g/mol. The topological polar surface area (TPSA) is 92.3 Å². The molecule has 0 radical (unpaired) electrons. The number of pyridine rings is 1. The zero-order chi connectivity index (χ0) is 33.5. The molecule has 3 aromatic heterocycles. The fraction of sp³-hybridized carbons (Fsp3) is 0.533. The molecule has 1 aromatic carbocycles. The van der Waals surface area contributed by atoms with Crippen molar-refractivity contribution in [3.63, 3.8) is 0 Å². The van der Waals surface area contributed by atoms with Gasteiger partial charge in [0.05, 0.1) is 37.0 Å². The Morgan fingerprint density at radius 3 is 2.52 bits per heavy atom. The zero-order valence-corrected chi connectivity index (χ0v) is 25.9. The van der Waals surface area contributed by atoms with Crippen molar-refractivity contribution in [3.05, 3.63) is 29.2 Å². The average Bonchev–Trinajstić information content (AvgIpc) is 3.60. The third-order valence-electron chi connectivity index (χ3n) is 8.31. The summed E-state index contributed by atoms with van der Waals surface area (Å²) in [4.78, 5) is 15.7. The molecule has 3 atom stereocenters. The molecule has 0 bridgehead atoms. The van der Waals surface area contributed by atoms with E-state index >= 15 is 4.39 Å². The van der Waals surface area contributed by atoms with Gasteiger partial charge in [-0.2, -0.15) is 28.2 Å². The van der Waals surface area contributed by atoms with E-state index in [0.717, 1.165) is 25.6 Å². The molecule has 1 fully saturated rings. The molecule has 2 aliphatic heterocycles. The number of hydrogen-bond donors (Lipinski definition) is 1. The number of ether oxygens (including phenoxy) is 2. The predicted octanol–water partition coefficient (Wildman–Crippen LogP) is 6.72. The summed E-state index contributed by atoms with van der Waals surface area (Å²) in [5.74, 6) is -1.62. The number of halogens is 7. The minimum absolute atomic E-state index is 0.0200. The van der Waals surface area contributed by atoms with Gasteiger partial charge in [-0.3, -0.25) is 10.00 Å². The third kappa shape index (κ3) is 6.22. The van der Waals surface area contributed by atoms with Crippen LogP contribution in [0, 0.1) is 12.7 Å². The van der Waals surface area contributed by atoms with Gasteiger partial charge in [-0.15, -0.1) is 0 Å². The first-order valence-electron chi connectivity index (χ1n) is 14.8. The van der Waals surface area contributed by atoms with E-state index in [0.29, 0.717) is 12.6 Å². The summed E-state index contributed by atoms with van der Waals surface area (Å²) in [7, 11) is 1.19. The van der Waals surface area contributed by atoms with E-state index in [1.54, 1.807) is 6.92 Å².